The summed E-state index contributed by atoms with van der Waals surface area (Å²) < 4.78 is 1.12. The first kappa shape index (κ1) is 14.5. The largest absolute Gasteiger partial charge is 0.409 e. The molecule has 0 aromatic carbocycles. The van der Waals surface area contributed by atoms with E-state index >= 15 is 0 Å². The maximum atomic E-state index is 8.59. The minimum atomic E-state index is 0.288. The van der Waals surface area contributed by atoms with Gasteiger partial charge in [0, 0.05) is 33.7 Å². The molecule has 0 aliphatic carbocycles. The zero-order chi connectivity index (χ0) is 12.8. The third kappa shape index (κ3) is 4.65. The molecule has 1 atom stereocenters. The molecule has 1 aromatic rings. The second-order valence-corrected chi connectivity index (χ2v) is 5.92. The Hall–Kier alpha value is -0.590. The second kappa shape index (κ2) is 6.98. The van der Waals surface area contributed by atoms with Crippen molar-refractivity contribution in [1.29, 1.82) is 0 Å². The van der Waals surface area contributed by atoms with Crippen molar-refractivity contribution in [1.82, 2.24) is 4.90 Å². The molecule has 0 aliphatic rings. The quantitative estimate of drug-likeness (QED) is 0.367. The van der Waals surface area contributed by atoms with Crippen LogP contribution in [0.2, 0.25) is 0 Å². The molecule has 1 unspecified atom stereocenters. The standard InChI is InChI=1S/C11H18BrN3OS/c1-3-9(5-11(13)14-16)15(2)6-10-4-8(12)7-17-10/h4,7,9,16H,3,5-6H2,1-2H3,(H2,13,14). The predicted molar refractivity (Wildman–Crippen MR) is 75.6 cm³/mol. The number of rotatable bonds is 6. The van der Waals surface area contributed by atoms with E-state index in [9.17, 15) is 0 Å². The van der Waals surface area contributed by atoms with Crippen molar-refractivity contribution in [3.63, 3.8) is 0 Å². The average molecular weight is 320 g/mol. The Morgan fingerprint density at radius 3 is 2.88 bits per heavy atom. The number of hydrogen-bond donors (Lipinski definition) is 2. The number of halogens is 1. The predicted octanol–water partition coefficient (Wildman–Crippen LogP) is 2.86. The van der Waals surface area contributed by atoms with Gasteiger partial charge in [0.2, 0.25) is 0 Å². The van der Waals surface area contributed by atoms with Crippen molar-refractivity contribution in [2.45, 2.75) is 32.4 Å². The van der Waals surface area contributed by atoms with Crippen LogP contribution in [0.4, 0.5) is 0 Å². The fraction of sp³-hybridized carbons (Fsp3) is 0.545. The van der Waals surface area contributed by atoms with Crippen LogP contribution in [0.5, 0.6) is 0 Å². The molecular weight excluding hydrogens is 302 g/mol. The molecule has 0 spiro atoms. The Labute approximate surface area is 114 Å². The SMILES string of the molecule is CCC(CC(N)=NO)N(C)Cc1cc(Br)cs1. The monoisotopic (exact) mass is 319 g/mol. The van der Waals surface area contributed by atoms with Crippen molar-refractivity contribution >= 4 is 33.1 Å². The number of oxime groups is 1. The van der Waals surface area contributed by atoms with Crippen LogP contribution in [0.1, 0.15) is 24.6 Å². The smallest absolute Gasteiger partial charge is 0.140 e. The van der Waals surface area contributed by atoms with Gasteiger partial charge in [0.15, 0.2) is 0 Å². The molecule has 0 saturated heterocycles. The lowest BCUT2D eigenvalue weighted by molar-refractivity contribution is 0.231. The molecule has 96 valence electrons. The highest BCUT2D eigenvalue weighted by Crippen LogP contribution is 2.22. The highest BCUT2D eigenvalue weighted by atomic mass is 79.9. The number of hydrogen-bond acceptors (Lipinski definition) is 4. The molecule has 6 heteroatoms. The first-order chi connectivity index (χ1) is 8.06. The van der Waals surface area contributed by atoms with E-state index < -0.39 is 0 Å². The Balaban J connectivity index is 2.57. The van der Waals surface area contributed by atoms with Crippen LogP contribution in [0.25, 0.3) is 0 Å². The Morgan fingerprint density at radius 1 is 1.71 bits per heavy atom. The van der Waals surface area contributed by atoms with E-state index in [1.54, 1.807) is 11.3 Å². The maximum Gasteiger partial charge on any atom is 0.140 e. The van der Waals surface area contributed by atoms with Crippen molar-refractivity contribution in [2.24, 2.45) is 10.9 Å². The minimum absolute atomic E-state index is 0.288. The van der Waals surface area contributed by atoms with Gasteiger partial charge in [-0.15, -0.1) is 11.3 Å². The summed E-state index contributed by atoms with van der Waals surface area (Å²) in [5.74, 6) is 0.288. The van der Waals surface area contributed by atoms with E-state index in [1.165, 1.54) is 4.88 Å². The Morgan fingerprint density at radius 2 is 2.41 bits per heavy atom. The van der Waals surface area contributed by atoms with Crippen LogP contribution in [0.15, 0.2) is 21.1 Å². The molecule has 17 heavy (non-hydrogen) atoms. The summed E-state index contributed by atoms with van der Waals surface area (Å²) in [5.41, 5.74) is 5.55. The van der Waals surface area contributed by atoms with Crippen LogP contribution in [-0.4, -0.2) is 29.0 Å². The minimum Gasteiger partial charge on any atom is -0.409 e. The van der Waals surface area contributed by atoms with Gasteiger partial charge in [0.25, 0.3) is 0 Å². The lowest BCUT2D eigenvalue weighted by Gasteiger charge is -2.26. The molecule has 0 aliphatic heterocycles. The van der Waals surface area contributed by atoms with Gasteiger partial charge in [0.05, 0.1) is 0 Å². The molecule has 0 amide bonds. The maximum absolute atomic E-state index is 8.59. The Kier molecular flexibility index (Phi) is 5.94. The lowest BCUT2D eigenvalue weighted by Crippen LogP contribution is -2.34. The van der Waals surface area contributed by atoms with Gasteiger partial charge in [0.1, 0.15) is 5.84 Å². The molecule has 1 aromatic heterocycles. The molecule has 1 rings (SSSR count). The molecular formula is C11H18BrN3OS. The molecule has 0 saturated carbocycles. The van der Waals surface area contributed by atoms with Crippen LogP contribution >= 0.6 is 27.3 Å². The van der Waals surface area contributed by atoms with Gasteiger partial charge in [-0.1, -0.05) is 12.1 Å². The van der Waals surface area contributed by atoms with E-state index in [0.29, 0.717) is 12.5 Å². The Bertz CT molecular complexity index is 381. The highest BCUT2D eigenvalue weighted by Gasteiger charge is 2.15. The summed E-state index contributed by atoms with van der Waals surface area (Å²) in [6.07, 6.45) is 1.56. The van der Waals surface area contributed by atoms with Gasteiger partial charge in [-0.3, -0.25) is 4.90 Å². The van der Waals surface area contributed by atoms with Gasteiger partial charge < -0.3 is 10.9 Å². The fourth-order valence-electron chi connectivity index (χ4n) is 1.71. The number of nitrogens with zero attached hydrogens (tertiary/aromatic N) is 2. The van der Waals surface area contributed by atoms with E-state index in [-0.39, 0.29) is 5.84 Å². The third-order valence-electron chi connectivity index (χ3n) is 2.69. The summed E-state index contributed by atoms with van der Waals surface area (Å²) >= 11 is 5.18. The van der Waals surface area contributed by atoms with E-state index in [0.717, 1.165) is 17.4 Å². The molecule has 0 fully saturated rings. The van der Waals surface area contributed by atoms with Crippen molar-refractivity contribution < 1.29 is 5.21 Å². The molecule has 4 nitrogen and oxygen atoms in total. The topological polar surface area (TPSA) is 61.9 Å². The fourth-order valence-corrected chi connectivity index (χ4v) is 3.22. The average Bonchev–Trinajstić information content (AvgIpc) is 2.70. The molecule has 0 bridgehead atoms. The van der Waals surface area contributed by atoms with Crippen LogP contribution in [0.3, 0.4) is 0 Å². The van der Waals surface area contributed by atoms with E-state index in [1.807, 2.05) is 0 Å². The lowest BCUT2D eigenvalue weighted by atomic mass is 10.1. The zero-order valence-electron chi connectivity index (χ0n) is 10.1. The summed E-state index contributed by atoms with van der Waals surface area (Å²) in [4.78, 5) is 3.54. The van der Waals surface area contributed by atoms with Crippen molar-refractivity contribution in [3.8, 4) is 0 Å². The van der Waals surface area contributed by atoms with Crippen LogP contribution < -0.4 is 5.73 Å². The van der Waals surface area contributed by atoms with Crippen LogP contribution in [0, 0.1) is 0 Å². The second-order valence-electron chi connectivity index (χ2n) is 4.00. The first-order valence-corrected chi connectivity index (χ1v) is 7.13. The van der Waals surface area contributed by atoms with E-state index in [4.69, 9.17) is 10.9 Å². The number of thiophene rings is 1. The summed E-state index contributed by atoms with van der Waals surface area (Å²) in [6, 6.07) is 2.42. The normalized spacial score (nSPS) is 14.2. The van der Waals surface area contributed by atoms with E-state index in [2.05, 4.69) is 51.4 Å². The van der Waals surface area contributed by atoms with Crippen molar-refractivity contribution in [2.75, 3.05) is 7.05 Å². The molecule has 0 radical (unpaired) electrons. The van der Waals surface area contributed by atoms with Crippen LogP contribution in [-0.2, 0) is 6.54 Å². The van der Waals surface area contributed by atoms with Crippen molar-refractivity contribution in [3.05, 3.63) is 20.8 Å². The summed E-state index contributed by atoms with van der Waals surface area (Å²) in [7, 11) is 2.06. The summed E-state index contributed by atoms with van der Waals surface area (Å²) in [5, 5.41) is 13.7. The number of amidine groups is 1. The number of nitrogens with two attached hydrogens (primary N) is 1. The van der Waals surface area contributed by atoms with Gasteiger partial charge >= 0.3 is 0 Å². The van der Waals surface area contributed by atoms with Gasteiger partial charge in [-0.25, -0.2) is 0 Å². The molecule has 3 N–H and O–H groups in total. The third-order valence-corrected chi connectivity index (χ3v) is 4.38. The zero-order valence-corrected chi connectivity index (χ0v) is 12.5. The van der Waals surface area contributed by atoms with Gasteiger partial charge in [-0.2, -0.15) is 0 Å². The first-order valence-electron chi connectivity index (χ1n) is 5.46. The summed E-state index contributed by atoms with van der Waals surface area (Å²) in [6.45, 7) is 2.99. The highest BCUT2D eigenvalue weighted by molar-refractivity contribution is 9.10. The van der Waals surface area contributed by atoms with Gasteiger partial charge in [-0.05, 0) is 35.5 Å². The molecule has 1 heterocycles.